The molecule has 0 saturated carbocycles. The predicted molar refractivity (Wildman–Crippen MR) is 89.7 cm³/mol. The molecule has 2 amide bonds. The minimum Gasteiger partial charge on any atom is -0.465 e. The number of rotatable bonds is 5. The van der Waals surface area contributed by atoms with Crippen LogP contribution in [0.5, 0.6) is 0 Å². The lowest BCUT2D eigenvalue weighted by atomic mass is 10.1. The lowest BCUT2D eigenvalue weighted by molar-refractivity contribution is -0.119. The average Bonchev–Trinajstić information content (AvgIpc) is 2.59. The maximum Gasteiger partial charge on any atom is 0.337 e. The average molecular weight is 326 g/mol. The van der Waals surface area contributed by atoms with Crippen molar-refractivity contribution in [2.24, 2.45) is 0 Å². The quantitative estimate of drug-likeness (QED) is 0.826. The van der Waals surface area contributed by atoms with Crippen LogP contribution in [0.15, 0.2) is 48.5 Å². The van der Waals surface area contributed by atoms with Crippen LogP contribution in [0.4, 0.5) is 5.69 Å². The van der Waals surface area contributed by atoms with Gasteiger partial charge in [-0.15, -0.1) is 0 Å². The van der Waals surface area contributed by atoms with Crippen LogP contribution in [0.2, 0.25) is 0 Å². The van der Waals surface area contributed by atoms with Crippen molar-refractivity contribution in [2.75, 3.05) is 12.4 Å². The molecule has 6 nitrogen and oxygen atoms in total. The summed E-state index contributed by atoms with van der Waals surface area (Å²) in [7, 11) is 1.30. The summed E-state index contributed by atoms with van der Waals surface area (Å²) in [6, 6.07) is 13.4. The number of anilines is 1. The second-order valence-corrected chi connectivity index (χ2v) is 5.13. The molecule has 0 atom stereocenters. The first-order chi connectivity index (χ1) is 11.5. The van der Waals surface area contributed by atoms with Crippen molar-refractivity contribution in [1.82, 2.24) is 5.32 Å². The first-order valence-electron chi connectivity index (χ1n) is 7.32. The van der Waals surface area contributed by atoms with Crippen molar-refractivity contribution in [3.63, 3.8) is 0 Å². The van der Waals surface area contributed by atoms with Gasteiger partial charge in [0.2, 0.25) is 5.91 Å². The molecule has 2 aromatic carbocycles. The van der Waals surface area contributed by atoms with Crippen LogP contribution in [0.3, 0.4) is 0 Å². The Kier molecular flexibility index (Phi) is 5.68. The molecular weight excluding hydrogens is 308 g/mol. The molecule has 0 unspecified atom stereocenters. The molecule has 0 fully saturated rings. The van der Waals surface area contributed by atoms with Crippen LogP contribution in [-0.4, -0.2) is 24.9 Å². The Morgan fingerprint density at radius 1 is 1.00 bits per heavy atom. The number of hydrogen-bond acceptors (Lipinski definition) is 4. The van der Waals surface area contributed by atoms with E-state index in [0.717, 1.165) is 5.56 Å². The van der Waals surface area contributed by atoms with Crippen LogP contribution >= 0.6 is 0 Å². The van der Waals surface area contributed by atoms with Gasteiger partial charge in [0.05, 0.1) is 12.7 Å². The zero-order valence-corrected chi connectivity index (χ0v) is 13.5. The number of carbonyl (C=O) groups excluding carboxylic acids is 3. The van der Waals surface area contributed by atoms with Crippen LogP contribution in [-0.2, 0) is 16.1 Å². The van der Waals surface area contributed by atoms with Crippen molar-refractivity contribution in [1.29, 1.82) is 0 Å². The maximum absolute atomic E-state index is 12.2. The Morgan fingerprint density at radius 2 is 1.71 bits per heavy atom. The maximum atomic E-state index is 12.2. The summed E-state index contributed by atoms with van der Waals surface area (Å²) < 4.78 is 4.65. The zero-order valence-electron chi connectivity index (χ0n) is 13.5. The SMILES string of the molecule is COC(=O)c1cccc(NC(=O)c2ccc(CNC(C)=O)cc2)c1. The normalized spacial score (nSPS) is 9.92. The van der Waals surface area contributed by atoms with Gasteiger partial charge in [0.1, 0.15) is 0 Å². The first-order valence-corrected chi connectivity index (χ1v) is 7.32. The fourth-order valence-corrected chi connectivity index (χ4v) is 2.05. The van der Waals surface area contributed by atoms with Crippen LogP contribution in [0.25, 0.3) is 0 Å². The number of esters is 1. The molecule has 0 aliphatic rings. The molecule has 6 heteroatoms. The van der Waals surface area contributed by atoms with Crippen molar-refractivity contribution < 1.29 is 19.1 Å². The third kappa shape index (κ3) is 4.67. The third-order valence-corrected chi connectivity index (χ3v) is 3.30. The van der Waals surface area contributed by atoms with E-state index >= 15 is 0 Å². The van der Waals surface area contributed by atoms with Crippen molar-refractivity contribution >= 4 is 23.5 Å². The minimum absolute atomic E-state index is 0.109. The molecule has 0 bridgehead atoms. The molecule has 0 spiro atoms. The van der Waals surface area contributed by atoms with Gasteiger partial charge in [0.25, 0.3) is 5.91 Å². The van der Waals surface area contributed by atoms with Crippen molar-refractivity contribution in [3.8, 4) is 0 Å². The molecular formula is C18H18N2O4. The van der Waals surface area contributed by atoms with Crippen LogP contribution in [0, 0.1) is 0 Å². The largest absolute Gasteiger partial charge is 0.465 e. The highest BCUT2D eigenvalue weighted by Gasteiger charge is 2.09. The summed E-state index contributed by atoms with van der Waals surface area (Å²) in [5, 5.41) is 5.42. The van der Waals surface area contributed by atoms with Crippen LogP contribution in [0.1, 0.15) is 33.2 Å². The number of benzene rings is 2. The molecule has 0 radical (unpaired) electrons. The van der Waals surface area contributed by atoms with Gasteiger partial charge in [-0.1, -0.05) is 18.2 Å². The summed E-state index contributed by atoms with van der Waals surface area (Å²) >= 11 is 0. The third-order valence-electron chi connectivity index (χ3n) is 3.30. The molecule has 0 aliphatic heterocycles. The highest BCUT2D eigenvalue weighted by molar-refractivity contribution is 6.04. The van der Waals surface area contributed by atoms with Gasteiger partial charge < -0.3 is 15.4 Å². The molecule has 2 aromatic rings. The predicted octanol–water partition coefficient (Wildman–Crippen LogP) is 2.36. The van der Waals surface area contributed by atoms with E-state index in [1.54, 1.807) is 48.5 Å². The Balaban J connectivity index is 2.04. The Hall–Kier alpha value is -3.15. The van der Waals surface area contributed by atoms with E-state index in [9.17, 15) is 14.4 Å². The molecule has 24 heavy (non-hydrogen) atoms. The molecule has 0 aromatic heterocycles. The van der Waals surface area contributed by atoms with Gasteiger partial charge in [-0.05, 0) is 35.9 Å². The molecule has 2 N–H and O–H groups in total. The highest BCUT2D eigenvalue weighted by Crippen LogP contribution is 2.13. The molecule has 2 rings (SSSR count). The Bertz CT molecular complexity index is 754. The van der Waals surface area contributed by atoms with Gasteiger partial charge in [-0.2, -0.15) is 0 Å². The lowest BCUT2D eigenvalue weighted by Gasteiger charge is -2.08. The fourth-order valence-electron chi connectivity index (χ4n) is 2.05. The van der Waals surface area contributed by atoms with Crippen LogP contribution < -0.4 is 10.6 Å². The number of amides is 2. The number of carbonyl (C=O) groups is 3. The fraction of sp³-hybridized carbons (Fsp3) is 0.167. The Labute approximate surface area is 139 Å². The van der Waals surface area contributed by atoms with E-state index in [4.69, 9.17) is 0 Å². The second-order valence-electron chi connectivity index (χ2n) is 5.13. The van der Waals surface area contributed by atoms with E-state index in [0.29, 0.717) is 23.4 Å². The molecule has 0 heterocycles. The van der Waals surface area contributed by atoms with Crippen molar-refractivity contribution in [2.45, 2.75) is 13.5 Å². The van der Waals surface area contributed by atoms with E-state index in [-0.39, 0.29) is 11.8 Å². The zero-order chi connectivity index (χ0) is 17.5. The van der Waals surface area contributed by atoms with E-state index in [2.05, 4.69) is 15.4 Å². The Morgan fingerprint density at radius 3 is 2.33 bits per heavy atom. The number of hydrogen-bond donors (Lipinski definition) is 2. The lowest BCUT2D eigenvalue weighted by Crippen LogP contribution is -2.19. The van der Waals surface area contributed by atoms with E-state index in [1.165, 1.54) is 14.0 Å². The number of nitrogens with one attached hydrogen (secondary N) is 2. The monoisotopic (exact) mass is 326 g/mol. The smallest absolute Gasteiger partial charge is 0.337 e. The summed E-state index contributed by atoms with van der Waals surface area (Å²) in [4.78, 5) is 34.6. The van der Waals surface area contributed by atoms with Gasteiger partial charge in [0.15, 0.2) is 0 Å². The second kappa shape index (κ2) is 7.92. The standard InChI is InChI=1S/C18H18N2O4/c1-12(21)19-11-13-6-8-14(9-7-13)17(22)20-16-5-3-4-15(10-16)18(23)24-2/h3-10H,11H2,1-2H3,(H,19,21)(H,20,22). The highest BCUT2D eigenvalue weighted by atomic mass is 16.5. The topological polar surface area (TPSA) is 84.5 Å². The number of methoxy groups -OCH3 is 1. The first kappa shape index (κ1) is 17.2. The van der Waals surface area contributed by atoms with E-state index < -0.39 is 5.97 Å². The van der Waals surface area contributed by atoms with Gasteiger partial charge in [0, 0.05) is 24.7 Å². The summed E-state index contributed by atoms with van der Waals surface area (Å²) in [5.41, 5.74) is 2.24. The molecule has 0 saturated heterocycles. The van der Waals surface area contributed by atoms with Gasteiger partial charge >= 0.3 is 5.97 Å². The van der Waals surface area contributed by atoms with Gasteiger partial charge in [-0.25, -0.2) is 4.79 Å². The molecule has 124 valence electrons. The number of ether oxygens (including phenoxy) is 1. The van der Waals surface area contributed by atoms with E-state index in [1.807, 2.05) is 0 Å². The summed E-state index contributed by atoms with van der Waals surface area (Å²) in [6.45, 7) is 1.86. The molecule has 0 aliphatic carbocycles. The van der Waals surface area contributed by atoms with Crippen molar-refractivity contribution in [3.05, 3.63) is 65.2 Å². The van der Waals surface area contributed by atoms with Gasteiger partial charge in [-0.3, -0.25) is 9.59 Å². The minimum atomic E-state index is -0.464. The summed E-state index contributed by atoms with van der Waals surface area (Å²) in [6.07, 6.45) is 0. The summed E-state index contributed by atoms with van der Waals surface area (Å²) in [5.74, 6) is -0.862.